The number of hydrogen-bond donors (Lipinski definition) is 2. The number of rotatable bonds is 7. The summed E-state index contributed by atoms with van der Waals surface area (Å²) < 4.78 is 60.7. The Morgan fingerprint density at radius 3 is 2.52 bits per heavy atom. The number of aliphatic hydroxyl groups is 1. The number of anilines is 2. The van der Waals surface area contributed by atoms with Crippen molar-refractivity contribution in [1.82, 2.24) is 5.16 Å². The highest BCUT2D eigenvalue weighted by Gasteiger charge is 2.60. The molecule has 1 amide bonds. The molecule has 2 N–H and O–H groups in total. The molecule has 0 fully saturated rings. The van der Waals surface area contributed by atoms with Gasteiger partial charge in [-0.2, -0.15) is 13.2 Å². The summed E-state index contributed by atoms with van der Waals surface area (Å²) in [5, 5.41) is 16.5. The van der Waals surface area contributed by atoms with Crippen molar-refractivity contribution in [3.8, 4) is 0 Å². The van der Waals surface area contributed by atoms with E-state index in [2.05, 4.69) is 15.0 Å². The molecule has 3 rings (SSSR count). The van der Waals surface area contributed by atoms with Crippen molar-refractivity contribution >= 4 is 28.1 Å². The van der Waals surface area contributed by atoms with Gasteiger partial charge in [-0.3, -0.25) is 4.79 Å². The van der Waals surface area contributed by atoms with Gasteiger partial charge in [0, 0.05) is 17.6 Å². The summed E-state index contributed by atoms with van der Waals surface area (Å²) in [6, 6.07) is 8.88. The molecule has 0 aliphatic rings. The van der Waals surface area contributed by atoms with Gasteiger partial charge in [-0.05, 0) is 43.7 Å². The highest BCUT2D eigenvalue weighted by Crippen LogP contribution is 2.34. The normalized spacial score (nSPS) is 13.5. The Hall–Kier alpha value is -3.47. The van der Waals surface area contributed by atoms with E-state index in [-0.39, 0.29) is 34.4 Å². The van der Waals surface area contributed by atoms with E-state index < -0.39 is 35.7 Å². The minimum atomic E-state index is -5.37. The van der Waals surface area contributed by atoms with Crippen molar-refractivity contribution in [2.75, 3.05) is 23.3 Å². The first-order valence-corrected chi connectivity index (χ1v) is 9.98. The van der Waals surface area contributed by atoms with E-state index in [1.165, 1.54) is 43.3 Å². The molecule has 0 saturated carbocycles. The summed E-state index contributed by atoms with van der Waals surface area (Å²) in [4.78, 5) is 25.5. The maximum Gasteiger partial charge on any atom is 0.428 e. The second kappa shape index (κ2) is 9.18. The third-order valence-corrected chi connectivity index (χ3v) is 5.10. The van der Waals surface area contributed by atoms with E-state index in [0.717, 1.165) is 11.0 Å². The average Bonchev–Trinajstić information content (AvgIpc) is 2.75. The lowest BCUT2D eigenvalue weighted by Gasteiger charge is -2.35. The fraction of sp³-hybridized carbons (Fsp3) is 0.318. The number of para-hydroxylation sites is 1. The van der Waals surface area contributed by atoms with Crippen molar-refractivity contribution in [1.29, 1.82) is 0 Å². The quantitative estimate of drug-likeness (QED) is 0.514. The van der Waals surface area contributed by atoms with Gasteiger partial charge >= 0.3 is 11.8 Å². The molecule has 1 unspecified atom stereocenters. The van der Waals surface area contributed by atoms with Crippen LogP contribution in [0, 0.1) is 12.7 Å². The van der Waals surface area contributed by atoms with Gasteiger partial charge in [0.15, 0.2) is 0 Å². The largest absolute Gasteiger partial charge is 0.428 e. The van der Waals surface area contributed by atoms with E-state index in [1.54, 1.807) is 6.92 Å². The predicted molar refractivity (Wildman–Crippen MR) is 114 cm³/mol. The van der Waals surface area contributed by atoms with Crippen LogP contribution in [0.1, 0.15) is 19.0 Å². The molecule has 11 heteroatoms. The zero-order chi connectivity index (χ0) is 24.4. The van der Waals surface area contributed by atoms with Crippen molar-refractivity contribution in [3.63, 3.8) is 0 Å². The zero-order valence-corrected chi connectivity index (χ0v) is 17.7. The van der Waals surface area contributed by atoms with Crippen LogP contribution in [0.2, 0.25) is 0 Å². The number of carbonyl (C=O) groups excluding carboxylic acids is 1. The third kappa shape index (κ3) is 4.82. The summed E-state index contributed by atoms with van der Waals surface area (Å²) in [6.45, 7) is 1.92. The number of fused-ring (bicyclic) bond motifs is 1. The molecule has 3 aromatic rings. The molecule has 0 bridgehead atoms. The molecule has 0 aliphatic heterocycles. The molecule has 2 aromatic carbocycles. The second-order valence-electron chi connectivity index (χ2n) is 7.50. The molecule has 7 nitrogen and oxygen atoms in total. The first-order chi connectivity index (χ1) is 15.5. The van der Waals surface area contributed by atoms with Crippen molar-refractivity contribution < 1.29 is 32.0 Å². The van der Waals surface area contributed by atoms with Gasteiger partial charge in [0.05, 0.1) is 23.3 Å². The Balaban J connectivity index is 1.97. The molecule has 33 heavy (non-hydrogen) atoms. The molecule has 176 valence electrons. The van der Waals surface area contributed by atoms with Crippen molar-refractivity contribution in [3.05, 3.63) is 64.4 Å². The molecule has 0 spiro atoms. The Bertz CT molecular complexity index is 1230. The van der Waals surface area contributed by atoms with Crippen LogP contribution < -0.4 is 15.8 Å². The standard InChI is InChI=1S/C22H21F4N3O4/c1-3-10-29(18-7-5-4-6-17(18)23)12-21(32,22(24,25)26)20(31)27-14-8-9-15-16(11-14)13(2)28-33-19(15)30/h4-9,11,32H,3,10,12H2,1-2H3,(H,27,31). The number of benzene rings is 2. The van der Waals surface area contributed by atoms with Crippen molar-refractivity contribution in [2.45, 2.75) is 32.0 Å². The van der Waals surface area contributed by atoms with Crippen LogP contribution in [0.15, 0.2) is 51.8 Å². The topological polar surface area (TPSA) is 95.7 Å². The maximum absolute atomic E-state index is 14.3. The van der Waals surface area contributed by atoms with Gasteiger partial charge in [0.2, 0.25) is 0 Å². The number of carbonyl (C=O) groups is 1. The number of hydrogen-bond acceptors (Lipinski definition) is 6. The Labute approximate surface area is 185 Å². The number of aryl methyl sites for hydroxylation is 1. The van der Waals surface area contributed by atoms with Crippen LogP contribution in [0.4, 0.5) is 28.9 Å². The third-order valence-electron chi connectivity index (χ3n) is 5.10. The summed E-state index contributed by atoms with van der Waals surface area (Å²) in [6.07, 6.45) is -5.03. The van der Waals surface area contributed by atoms with Gasteiger partial charge in [-0.25, -0.2) is 9.18 Å². The molecule has 1 heterocycles. The van der Waals surface area contributed by atoms with Crippen LogP contribution in [0.25, 0.3) is 10.8 Å². The van der Waals surface area contributed by atoms with E-state index in [9.17, 15) is 32.3 Å². The minimum Gasteiger partial charge on any atom is -0.371 e. The minimum absolute atomic E-state index is 0.0385. The van der Waals surface area contributed by atoms with Crippen LogP contribution in [0.3, 0.4) is 0 Å². The van der Waals surface area contributed by atoms with E-state index in [0.29, 0.717) is 6.42 Å². The molecule has 0 aliphatic carbocycles. The lowest BCUT2D eigenvalue weighted by Crippen LogP contribution is -2.61. The van der Waals surface area contributed by atoms with E-state index >= 15 is 0 Å². The average molecular weight is 467 g/mol. The van der Waals surface area contributed by atoms with Crippen LogP contribution in [-0.2, 0) is 4.79 Å². The SMILES string of the molecule is CCCN(CC(O)(C(=O)Nc1ccc2c(=O)onc(C)c2c1)C(F)(F)F)c1ccccc1F. The molecular weight excluding hydrogens is 446 g/mol. The zero-order valence-electron chi connectivity index (χ0n) is 17.7. The van der Waals surface area contributed by atoms with Gasteiger partial charge in [-0.15, -0.1) is 0 Å². The van der Waals surface area contributed by atoms with Crippen molar-refractivity contribution in [2.24, 2.45) is 0 Å². The Kier molecular flexibility index (Phi) is 6.73. The first-order valence-electron chi connectivity index (χ1n) is 9.98. The number of aromatic nitrogens is 1. The fourth-order valence-electron chi connectivity index (χ4n) is 3.37. The molecule has 0 radical (unpaired) electrons. The smallest absolute Gasteiger partial charge is 0.371 e. The lowest BCUT2D eigenvalue weighted by molar-refractivity contribution is -0.245. The summed E-state index contributed by atoms with van der Waals surface area (Å²) in [5.74, 6) is -2.53. The highest BCUT2D eigenvalue weighted by atomic mass is 19.4. The molecule has 0 saturated heterocycles. The van der Waals surface area contributed by atoms with Gasteiger partial charge in [-0.1, -0.05) is 24.2 Å². The molecular formula is C22H21F4N3O4. The lowest BCUT2D eigenvalue weighted by atomic mass is 10.00. The summed E-state index contributed by atoms with van der Waals surface area (Å²) in [5.41, 5.74) is -4.60. The van der Waals surface area contributed by atoms with Gasteiger partial charge in [0.1, 0.15) is 5.82 Å². The van der Waals surface area contributed by atoms with Gasteiger partial charge in [0.25, 0.3) is 11.5 Å². The van der Waals surface area contributed by atoms with Crippen LogP contribution in [0.5, 0.6) is 0 Å². The monoisotopic (exact) mass is 467 g/mol. The predicted octanol–water partition coefficient (Wildman–Crippen LogP) is 3.78. The summed E-state index contributed by atoms with van der Waals surface area (Å²) in [7, 11) is 0. The Morgan fingerprint density at radius 2 is 1.88 bits per heavy atom. The van der Waals surface area contributed by atoms with E-state index in [4.69, 9.17) is 0 Å². The molecule has 1 aromatic heterocycles. The first kappa shape index (κ1) is 24.2. The fourth-order valence-corrected chi connectivity index (χ4v) is 3.37. The van der Waals surface area contributed by atoms with Gasteiger partial charge < -0.3 is 19.8 Å². The maximum atomic E-state index is 14.3. The summed E-state index contributed by atoms with van der Waals surface area (Å²) >= 11 is 0. The number of alkyl halides is 3. The number of nitrogens with zero attached hydrogens (tertiary/aromatic N) is 2. The van der Waals surface area contributed by atoms with E-state index in [1.807, 2.05) is 0 Å². The number of nitrogens with one attached hydrogen (secondary N) is 1. The van der Waals surface area contributed by atoms with Crippen LogP contribution in [-0.4, -0.2) is 41.0 Å². The Morgan fingerprint density at radius 1 is 1.18 bits per heavy atom. The number of halogens is 4. The van der Waals surface area contributed by atoms with Crippen LogP contribution >= 0.6 is 0 Å². The highest BCUT2D eigenvalue weighted by molar-refractivity contribution is 6.00. The second-order valence-corrected chi connectivity index (χ2v) is 7.50. The molecule has 1 atom stereocenters. The number of amides is 1.